The van der Waals surface area contributed by atoms with E-state index in [1.54, 1.807) is 0 Å². The topological polar surface area (TPSA) is 43.8 Å². The monoisotopic (exact) mass is 229 g/mol. The van der Waals surface area contributed by atoms with E-state index in [0.29, 0.717) is 6.04 Å². The zero-order valence-electron chi connectivity index (χ0n) is 10.9. The van der Waals surface area contributed by atoms with Crippen molar-refractivity contribution in [2.24, 2.45) is 0 Å². The number of benzene rings is 1. The predicted octanol–water partition coefficient (Wildman–Crippen LogP) is 3.33. The molecule has 1 aromatic carbocycles. The lowest BCUT2D eigenvalue weighted by Gasteiger charge is -2.09. The number of aryl methyl sites for hydroxylation is 2. The quantitative estimate of drug-likeness (QED) is 0.858. The first-order valence-corrected chi connectivity index (χ1v) is 5.90. The third-order valence-electron chi connectivity index (χ3n) is 3.17. The second-order valence-electron chi connectivity index (χ2n) is 4.78. The van der Waals surface area contributed by atoms with Gasteiger partial charge in [-0.1, -0.05) is 12.1 Å². The number of aromatic nitrogens is 2. The van der Waals surface area contributed by atoms with Gasteiger partial charge in [0.25, 0.3) is 0 Å². The standard InChI is InChI=1S/C14H19N3/c1-9(2)17-8-16-13(14(17)15)12-6-5-10(3)11(4)7-12/h5-9H,15H2,1-4H3. The lowest BCUT2D eigenvalue weighted by Crippen LogP contribution is -2.04. The van der Waals surface area contributed by atoms with Crippen LogP contribution in [0.5, 0.6) is 0 Å². The van der Waals surface area contributed by atoms with Gasteiger partial charge in [0.2, 0.25) is 0 Å². The zero-order chi connectivity index (χ0) is 12.6. The molecular formula is C14H19N3. The molecule has 2 aromatic rings. The maximum Gasteiger partial charge on any atom is 0.131 e. The van der Waals surface area contributed by atoms with E-state index in [0.717, 1.165) is 17.1 Å². The third kappa shape index (κ3) is 2.05. The molecule has 1 heterocycles. The predicted molar refractivity (Wildman–Crippen MR) is 71.9 cm³/mol. The Bertz CT molecular complexity index is 538. The summed E-state index contributed by atoms with van der Waals surface area (Å²) in [5, 5.41) is 0. The minimum Gasteiger partial charge on any atom is -0.383 e. The molecule has 3 nitrogen and oxygen atoms in total. The van der Waals surface area contributed by atoms with E-state index in [-0.39, 0.29) is 0 Å². The average Bonchev–Trinajstić information content (AvgIpc) is 2.64. The Balaban J connectivity index is 2.50. The van der Waals surface area contributed by atoms with Crippen LogP contribution in [0.25, 0.3) is 11.3 Å². The van der Waals surface area contributed by atoms with Crippen LogP contribution in [0.2, 0.25) is 0 Å². The van der Waals surface area contributed by atoms with Gasteiger partial charge in [0, 0.05) is 11.6 Å². The van der Waals surface area contributed by atoms with Gasteiger partial charge in [0.15, 0.2) is 0 Å². The van der Waals surface area contributed by atoms with Crippen LogP contribution in [-0.2, 0) is 0 Å². The van der Waals surface area contributed by atoms with Crippen molar-refractivity contribution in [3.63, 3.8) is 0 Å². The van der Waals surface area contributed by atoms with Crippen molar-refractivity contribution in [3.8, 4) is 11.3 Å². The van der Waals surface area contributed by atoms with E-state index < -0.39 is 0 Å². The summed E-state index contributed by atoms with van der Waals surface area (Å²) >= 11 is 0. The van der Waals surface area contributed by atoms with Crippen LogP contribution >= 0.6 is 0 Å². The van der Waals surface area contributed by atoms with Gasteiger partial charge in [-0.15, -0.1) is 0 Å². The fraction of sp³-hybridized carbons (Fsp3) is 0.357. The highest BCUT2D eigenvalue weighted by Crippen LogP contribution is 2.27. The van der Waals surface area contributed by atoms with Crippen molar-refractivity contribution in [2.75, 3.05) is 5.73 Å². The van der Waals surface area contributed by atoms with Crippen LogP contribution in [-0.4, -0.2) is 9.55 Å². The second-order valence-corrected chi connectivity index (χ2v) is 4.78. The Kier molecular flexibility index (Phi) is 2.92. The zero-order valence-corrected chi connectivity index (χ0v) is 10.9. The van der Waals surface area contributed by atoms with Crippen molar-refractivity contribution in [3.05, 3.63) is 35.7 Å². The summed E-state index contributed by atoms with van der Waals surface area (Å²) in [5.41, 5.74) is 10.6. The van der Waals surface area contributed by atoms with Gasteiger partial charge in [-0.3, -0.25) is 0 Å². The normalized spacial score (nSPS) is 11.1. The maximum atomic E-state index is 6.12. The Morgan fingerprint density at radius 1 is 1.18 bits per heavy atom. The SMILES string of the molecule is Cc1ccc(-c2ncn(C(C)C)c2N)cc1C. The molecular weight excluding hydrogens is 210 g/mol. The summed E-state index contributed by atoms with van der Waals surface area (Å²) in [6, 6.07) is 6.66. The highest BCUT2D eigenvalue weighted by atomic mass is 15.1. The number of imidazole rings is 1. The van der Waals surface area contributed by atoms with Crippen LogP contribution in [0.1, 0.15) is 31.0 Å². The van der Waals surface area contributed by atoms with Gasteiger partial charge in [-0.25, -0.2) is 4.98 Å². The highest BCUT2D eigenvalue weighted by molar-refractivity contribution is 5.71. The minimum atomic E-state index is 0.336. The number of hydrogen-bond donors (Lipinski definition) is 1. The van der Waals surface area contributed by atoms with Gasteiger partial charge in [0.05, 0.1) is 6.33 Å². The first kappa shape index (κ1) is 11.7. The molecule has 0 aliphatic rings. The number of nitrogens with two attached hydrogens (primary N) is 1. The van der Waals surface area contributed by atoms with Crippen molar-refractivity contribution in [1.29, 1.82) is 0 Å². The molecule has 0 unspecified atom stereocenters. The van der Waals surface area contributed by atoms with Gasteiger partial charge < -0.3 is 10.3 Å². The molecule has 2 N–H and O–H groups in total. The Morgan fingerprint density at radius 3 is 2.41 bits per heavy atom. The van der Waals surface area contributed by atoms with E-state index in [9.17, 15) is 0 Å². The van der Waals surface area contributed by atoms with Crippen LogP contribution < -0.4 is 5.73 Å². The summed E-state index contributed by atoms with van der Waals surface area (Å²) in [5.74, 6) is 0.739. The molecule has 0 saturated heterocycles. The van der Waals surface area contributed by atoms with Crippen molar-refractivity contribution in [1.82, 2.24) is 9.55 Å². The smallest absolute Gasteiger partial charge is 0.131 e. The van der Waals surface area contributed by atoms with E-state index in [1.165, 1.54) is 11.1 Å². The van der Waals surface area contributed by atoms with Crippen LogP contribution in [0, 0.1) is 13.8 Å². The Hall–Kier alpha value is -1.77. The minimum absolute atomic E-state index is 0.336. The molecule has 90 valence electrons. The largest absolute Gasteiger partial charge is 0.383 e. The van der Waals surface area contributed by atoms with Crippen molar-refractivity contribution in [2.45, 2.75) is 33.7 Å². The highest BCUT2D eigenvalue weighted by Gasteiger charge is 2.11. The first-order chi connectivity index (χ1) is 8.00. The summed E-state index contributed by atoms with van der Waals surface area (Å²) in [6.45, 7) is 8.41. The molecule has 0 aliphatic heterocycles. The van der Waals surface area contributed by atoms with Crippen molar-refractivity contribution >= 4 is 5.82 Å². The Labute approximate surface area is 102 Å². The molecule has 3 heteroatoms. The van der Waals surface area contributed by atoms with E-state index in [2.05, 4.69) is 50.9 Å². The van der Waals surface area contributed by atoms with E-state index in [4.69, 9.17) is 5.73 Å². The van der Waals surface area contributed by atoms with Gasteiger partial charge in [0.1, 0.15) is 11.5 Å². The molecule has 0 bridgehead atoms. The summed E-state index contributed by atoms with van der Waals surface area (Å²) in [7, 11) is 0. The number of rotatable bonds is 2. The third-order valence-corrected chi connectivity index (χ3v) is 3.17. The molecule has 0 spiro atoms. The lowest BCUT2D eigenvalue weighted by molar-refractivity contribution is 0.607. The number of anilines is 1. The molecule has 0 aliphatic carbocycles. The first-order valence-electron chi connectivity index (χ1n) is 5.90. The van der Waals surface area contributed by atoms with E-state index >= 15 is 0 Å². The Morgan fingerprint density at radius 2 is 1.88 bits per heavy atom. The molecule has 0 fully saturated rings. The van der Waals surface area contributed by atoms with Crippen LogP contribution in [0.3, 0.4) is 0 Å². The fourth-order valence-electron chi connectivity index (χ4n) is 1.89. The van der Waals surface area contributed by atoms with Crippen LogP contribution in [0.4, 0.5) is 5.82 Å². The summed E-state index contributed by atoms with van der Waals surface area (Å²) in [4.78, 5) is 4.42. The molecule has 0 atom stereocenters. The molecule has 0 radical (unpaired) electrons. The van der Waals surface area contributed by atoms with Gasteiger partial charge in [-0.05, 0) is 44.9 Å². The fourth-order valence-corrected chi connectivity index (χ4v) is 1.89. The second kappa shape index (κ2) is 4.24. The molecule has 1 aromatic heterocycles. The molecule has 0 saturated carbocycles. The number of nitrogens with zero attached hydrogens (tertiary/aromatic N) is 2. The average molecular weight is 229 g/mol. The van der Waals surface area contributed by atoms with Gasteiger partial charge >= 0.3 is 0 Å². The number of hydrogen-bond acceptors (Lipinski definition) is 2. The van der Waals surface area contributed by atoms with Crippen molar-refractivity contribution < 1.29 is 0 Å². The lowest BCUT2D eigenvalue weighted by atomic mass is 10.0. The molecule has 0 amide bonds. The van der Waals surface area contributed by atoms with E-state index in [1.807, 2.05) is 10.9 Å². The maximum absolute atomic E-state index is 6.12. The number of nitrogen functional groups attached to an aromatic ring is 1. The van der Waals surface area contributed by atoms with Crippen LogP contribution in [0.15, 0.2) is 24.5 Å². The summed E-state index contributed by atoms with van der Waals surface area (Å²) in [6.07, 6.45) is 1.81. The molecule has 2 rings (SSSR count). The molecule has 17 heavy (non-hydrogen) atoms. The van der Waals surface area contributed by atoms with Gasteiger partial charge in [-0.2, -0.15) is 0 Å². The summed E-state index contributed by atoms with van der Waals surface area (Å²) < 4.78 is 1.99.